The van der Waals surface area contributed by atoms with Crippen molar-refractivity contribution in [2.24, 2.45) is 0 Å². The lowest BCUT2D eigenvalue weighted by Gasteiger charge is -2.17. The molecule has 2 aromatic rings. The summed E-state index contributed by atoms with van der Waals surface area (Å²) in [6, 6.07) is 17.0. The molecule has 4 rings (SSSR count). The number of ketones is 2. The molecule has 0 aromatic heterocycles. The minimum atomic E-state index is -0.208. The highest BCUT2D eigenvalue weighted by atomic mass is 79.9. The number of hydrogen-bond acceptors (Lipinski definition) is 4. The predicted molar refractivity (Wildman–Crippen MR) is 99.2 cm³/mol. The molecule has 0 atom stereocenters. The van der Waals surface area contributed by atoms with E-state index in [1.54, 1.807) is 12.1 Å². The van der Waals surface area contributed by atoms with Gasteiger partial charge in [-0.3, -0.25) is 9.59 Å². The van der Waals surface area contributed by atoms with Gasteiger partial charge in [0.2, 0.25) is 0 Å². The zero-order chi connectivity index (χ0) is 16.7. The van der Waals surface area contributed by atoms with Crippen LogP contribution < -0.4 is 0 Å². The number of benzene rings is 2. The first kappa shape index (κ1) is 15.4. The molecule has 0 N–H and O–H groups in total. The van der Waals surface area contributed by atoms with Crippen LogP contribution in [0.4, 0.5) is 0 Å². The maximum absolute atomic E-state index is 12.8. The Hall–Kier alpha value is -2.11. The zero-order valence-electron chi connectivity index (χ0n) is 12.5. The van der Waals surface area contributed by atoms with Crippen LogP contribution in [0, 0.1) is 0 Å². The van der Waals surface area contributed by atoms with Gasteiger partial charge in [-0.15, -0.1) is 0 Å². The molecule has 118 valence electrons. The fraction of sp³-hybridized carbons (Fsp3) is 0.0526. The average Bonchev–Trinajstić information content (AvgIpc) is 3.13. The van der Waals surface area contributed by atoms with Crippen LogP contribution in [-0.2, 0) is 4.79 Å². The molecule has 5 heteroatoms. The summed E-state index contributed by atoms with van der Waals surface area (Å²) < 4.78 is 0.902. The minimum Gasteiger partial charge on any atom is -0.326 e. The molecule has 2 heterocycles. The van der Waals surface area contributed by atoms with Crippen LogP contribution in [0.15, 0.2) is 75.1 Å². The molecule has 3 nitrogen and oxygen atoms in total. The summed E-state index contributed by atoms with van der Waals surface area (Å²) in [5.41, 5.74) is 2.85. The lowest BCUT2D eigenvalue weighted by Crippen LogP contribution is -2.17. The lowest BCUT2D eigenvalue weighted by molar-refractivity contribution is -0.114. The molecule has 2 aliphatic heterocycles. The summed E-state index contributed by atoms with van der Waals surface area (Å²) in [5, 5.41) is 2.75. The number of carbonyl (C=O) groups excluding carboxylic acids is 2. The first-order chi connectivity index (χ1) is 11.6. The Morgan fingerprint density at radius 2 is 1.75 bits per heavy atom. The maximum Gasteiger partial charge on any atom is 0.199 e. The van der Waals surface area contributed by atoms with Crippen LogP contribution in [0.3, 0.4) is 0 Å². The molecule has 0 saturated heterocycles. The van der Waals surface area contributed by atoms with Gasteiger partial charge in [0.15, 0.2) is 11.6 Å². The molecule has 0 amide bonds. The van der Waals surface area contributed by atoms with E-state index in [0.29, 0.717) is 11.1 Å². The van der Waals surface area contributed by atoms with E-state index in [4.69, 9.17) is 0 Å². The molecular formula is C19H12BrNO2S. The number of Topliss-reactive ketones (excluding diaryl/α,β-unsaturated/α-hetero) is 2. The van der Waals surface area contributed by atoms with Gasteiger partial charge >= 0.3 is 0 Å². The van der Waals surface area contributed by atoms with Crippen LogP contribution in [0.5, 0.6) is 0 Å². The fourth-order valence-corrected chi connectivity index (χ4v) is 4.21. The van der Waals surface area contributed by atoms with Gasteiger partial charge in [0, 0.05) is 15.4 Å². The topological polar surface area (TPSA) is 37.4 Å². The van der Waals surface area contributed by atoms with E-state index in [9.17, 15) is 9.59 Å². The second kappa shape index (κ2) is 6.07. The SMILES string of the molecule is O=C1CN2C(c3ccccc3)=CSC2=C1C(=O)c1ccc(Br)cc1. The van der Waals surface area contributed by atoms with E-state index in [1.807, 2.05) is 52.8 Å². The van der Waals surface area contributed by atoms with Crippen molar-refractivity contribution in [3.05, 3.63) is 86.2 Å². The molecule has 0 unspecified atom stereocenters. The van der Waals surface area contributed by atoms with E-state index < -0.39 is 0 Å². The number of halogens is 1. The van der Waals surface area contributed by atoms with Crippen LogP contribution in [-0.4, -0.2) is 23.0 Å². The Bertz CT molecular complexity index is 901. The third kappa shape index (κ3) is 2.54. The van der Waals surface area contributed by atoms with Crippen LogP contribution in [0.25, 0.3) is 5.70 Å². The van der Waals surface area contributed by atoms with E-state index in [-0.39, 0.29) is 18.1 Å². The van der Waals surface area contributed by atoms with E-state index in [1.165, 1.54) is 11.8 Å². The van der Waals surface area contributed by atoms with Crippen LogP contribution >= 0.6 is 27.7 Å². The van der Waals surface area contributed by atoms with Crippen LogP contribution in [0.2, 0.25) is 0 Å². The van der Waals surface area contributed by atoms with Gasteiger partial charge in [-0.05, 0) is 29.8 Å². The van der Waals surface area contributed by atoms with Crippen molar-refractivity contribution in [2.75, 3.05) is 6.54 Å². The van der Waals surface area contributed by atoms with E-state index >= 15 is 0 Å². The molecule has 0 fully saturated rings. The molecule has 2 aromatic carbocycles. The summed E-state index contributed by atoms with van der Waals surface area (Å²) in [5.74, 6) is -0.327. The third-order valence-electron chi connectivity index (χ3n) is 4.02. The number of hydrogen-bond donors (Lipinski definition) is 0. The molecule has 0 bridgehead atoms. The van der Waals surface area contributed by atoms with Gasteiger partial charge in [-0.2, -0.15) is 0 Å². The number of carbonyl (C=O) groups is 2. The van der Waals surface area contributed by atoms with Gasteiger partial charge in [0.1, 0.15) is 0 Å². The van der Waals surface area contributed by atoms with Crippen molar-refractivity contribution in [1.29, 1.82) is 0 Å². The van der Waals surface area contributed by atoms with Crippen molar-refractivity contribution in [2.45, 2.75) is 0 Å². The smallest absolute Gasteiger partial charge is 0.199 e. The average molecular weight is 398 g/mol. The lowest BCUT2D eigenvalue weighted by atomic mass is 10.0. The molecular weight excluding hydrogens is 386 g/mol. The van der Waals surface area contributed by atoms with Gasteiger partial charge < -0.3 is 4.90 Å². The van der Waals surface area contributed by atoms with Gasteiger partial charge in [-0.1, -0.05) is 58.0 Å². The summed E-state index contributed by atoms with van der Waals surface area (Å²) >= 11 is 4.80. The molecule has 24 heavy (non-hydrogen) atoms. The van der Waals surface area contributed by atoms with Crippen molar-refractivity contribution in [3.63, 3.8) is 0 Å². The number of thioether (sulfide) groups is 1. The highest BCUT2D eigenvalue weighted by molar-refractivity contribution is 9.10. The highest BCUT2D eigenvalue weighted by Crippen LogP contribution is 2.45. The number of nitrogens with zero attached hydrogens (tertiary/aromatic N) is 1. The highest BCUT2D eigenvalue weighted by Gasteiger charge is 2.39. The van der Waals surface area contributed by atoms with E-state index in [0.717, 1.165) is 20.8 Å². The first-order valence-electron chi connectivity index (χ1n) is 7.42. The summed E-state index contributed by atoms with van der Waals surface area (Å²) in [4.78, 5) is 27.2. The van der Waals surface area contributed by atoms with Crippen molar-refractivity contribution in [3.8, 4) is 0 Å². The summed E-state index contributed by atoms with van der Waals surface area (Å²) in [6.45, 7) is 0.223. The van der Waals surface area contributed by atoms with Crippen LogP contribution in [0.1, 0.15) is 15.9 Å². The minimum absolute atomic E-state index is 0.119. The van der Waals surface area contributed by atoms with E-state index in [2.05, 4.69) is 15.9 Å². The predicted octanol–water partition coefficient (Wildman–Crippen LogP) is 4.47. The van der Waals surface area contributed by atoms with Crippen molar-refractivity contribution in [1.82, 2.24) is 4.90 Å². The Balaban J connectivity index is 1.70. The monoisotopic (exact) mass is 397 g/mol. The first-order valence-corrected chi connectivity index (χ1v) is 9.10. The second-order valence-electron chi connectivity index (χ2n) is 5.51. The second-order valence-corrected chi connectivity index (χ2v) is 7.29. The number of fused-ring (bicyclic) bond motifs is 1. The molecule has 0 aliphatic carbocycles. The number of rotatable bonds is 3. The van der Waals surface area contributed by atoms with Gasteiger partial charge in [0.25, 0.3) is 0 Å². The van der Waals surface area contributed by atoms with Crippen molar-refractivity contribution < 1.29 is 9.59 Å². The summed E-state index contributed by atoms with van der Waals surface area (Å²) in [7, 11) is 0. The standard InChI is InChI=1S/C19H12BrNO2S/c20-14-8-6-13(7-9-14)18(23)17-16(22)10-21-15(11-24-19(17)21)12-4-2-1-3-5-12/h1-9,11H,10H2. The quantitative estimate of drug-likeness (QED) is 0.565. The Morgan fingerprint density at radius 1 is 1.04 bits per heavy atom. The zero-order valence-corrected chi connectivity index (χ0v) is 14.9. The Morgan fingerprint density at radius 3 is 2.46 bits per heavy atom. The summed E-state index contributed by atoms with van der Waals surface area (Å²) in [6.07, 6.45) is 0. The van der Waals surface area contributed by atoms with Crippen molar-refractivity contribution >= 4 is 45.0 Å². The molecule has 2 aliphatic rings. The maximum atomic E-state index is 12.8. The Kier molecular flexibility index (Phi) is 3.90. The third-order valence-corrected chi connectivity index (χ3v) is 5.53. The van der Waals surface area contributed by atoms with Gasteiger partial charge in [0.05, 0.1) is 22.8 Å². The molecule has 0 radical (unpaired) electrons. The Labute approximate surface area is 152 Å². The normalized spacial score (nSPS) is 16.5. The fourth-order valence-electron chi connectivity index (χ4n) is 2.84. The van der Waals surface area contributed by atoms with Gasteiger partial charge in [-0.25, -0.2) is 0 Å². The largest absolute Gasteiger partial charge is 0.326 e. The molecule has 0 saturated carbocycles. The molecule has 0 spiro atoms.